The van der Waals surface area contributed by atoms with Gasteiger partial charge in [0.25, 0.3) is 5.91 Å². The molecule has 1 unspecified atom stereocenters. The van der Waals surface area contributed by atoms with Gasteiger partial charge in [-0.1, -0.05) is 71.8 Å². The van der Waals surface area contributed by atoms with E-state index >= 15 is 0 Å². The molecule has 1 atom stereocenters. The van der Waals surface area contributed by atoms with Crippen molar-refractivity contribution in [1.29, 1.82) is 0 Å². The van der Waals surface area contributed by atoms with Crippen molar-refractivity contribution in [3.63, 3.8) is 0 Å². The second kappa shape index (κ2) is 10.9. The number of rotatable bonds is 7. The van der Waals surface area contributed by atoms with Crippen molar-refractivity contribution in [2.75, 3.05) is 6.61 Å². The molecule has 3 aromatic carbocycles. The van der Waals surface area contributed by atoms with E-state index < -0.39 is 24.5 Å². The van der Waals surface area contributed by atoms with E-state index in [1.807, 2.05) is 31.2 Å². The van der Waals surface area contributed by atoms with Gasteiger partial charge in [-0.3, -0.25) is 9.59 Å². The van der Waals surface area contributed by atoms with Gasteiger partial charge in [0.2, 0.25) is 0 Å². The Morgan fingerprint density at radius 3 is 2.34 bits per heavy atom. The van der Waals surface area contributed by atoms with Crippen molar-refractivity contribution >= 4 is 35.0 Å². The van der Waals surface area contributed by atoms with E-state index in [0.29, 0.717) is 28.5 Å². The fourth-order valence-electron chi connectivity index (χ4n) is 4.25. The molecule has 0 spiro atoms. The van der Waals surface area contributed by atoms with Crippen LogP contribution in [0.1, 0.15) is 55.6 Å². The maximum atomic E-state index is 13.2. The molecule has 1 aliphatic heterocycles. The minimum Gasteiger partial charge on any atom is -0.467 e. The summed E-state index contributed by atoms with van der Waals surface area (Å²) in [4.78, 5) is 39.3. The lowest BCUT2D eigenvalue weighted by Gasteiger charge is -2.19. The third kappa shape index (κ3) is 5.28. The maximum absolute atomic E-state index is 13.2. The summed E-state index contributed by atoms with van der Waals surface area (Å²) in [5.41, 5.74) is 3.25. The molecular formula is C30H23ClN2O5. The van der Waals surface area contributed by atoms with E-state index in [2.05, 4.69) is 5.10 Å². The van der Waals surface area contributed by atoms with Crippen LogP contribution in [0.5, 0.6) is 0 Å². The number of carbonyl (C=O) groups is 3. The second-order valence-electron chi connectivity index (χ2n) is 8.84. The van der Waals surface area contributed by atoms with Gasteiger partial charge in [-0.15, -0.1) is 0 Å². The van der Waals surface area contributed by atoms with Crippen molar-refractivity contribution in [2.45, 2.75) is 19.4 Å². The normalized spacial score (nSPS) is 14.7. The molecule has 5 rings (SSSR count). The SMILES string of the molecule is Cc1ccc(C(=O)c2ccccc2C(=O)OCC(=O)N2N=C(c3ccc(Cl)cc3)CC2c2ccco2)cc1. The number of furan rings is 1. The summed E-state index contributed by atoms with van der Waals surface area (Å²) in [5, 5.41) is 6.39. The van der Waals surface area contributed by atoms with E-state index in [9.17, 15) is 14.4 Å². The summed E-state index contributed by atoms with van der Waals surface area (Å²) in [6.07, 6.45) is 1.95. The molecule has 0 N–H and O–H groups in total. The number of aryl methyl sites for hydroxylation is 1. The third-order valence-corrected chi connectivity index (χ3v) is 6.50. The molecule has 4 aromatic rings. The van der Waals surface area contributed by atoms with E-state index in [0.717, 1.165) is 11.1 Å². The van der Waals surface area contributed by atoms with Crippen LogP contribution in [0.15, 0.2) is 101 Å². The number of carbonyl (C=O) groups excluding carboxylic acids is 3. The summed E-state index contributed by atoms with van der Waals surface area (Å²) >= 11 is 6.01. The van der Waals surface area contributed by atoms with Gasteiger partial charge in [-0.2, -0.15) is 5.10 Å². The Bertz CT molecular complexity index is 1510. The molecular weight excluding hydrogens is 504 g/mol. The van der Waals surface area contributed by atoms with Gasteiger partial charge in [-0.25, -0.2) is 9.80 Å². The minimum absolute atomic E-state index is 0.0836. The molecule has 2 heterocycles. The number of benzene rings is 3. The number of amides is 1. The summed E-state index contributed by atoms with van der Waals surface area (Å²) in [6, 6.07) is 23.6. The Kier molecular flexibility index (Phi) is 7.20. The summed E-state index contributed by atoms with van der Waals surface area (Å²) in [7, 11) is 0. The lowest BCUT2D eigenvalue weighted by Crippen LogP contribution is -2.31. The highest BCUT2D eigenvalue weighted by Gasteiger charge is 2.35. The zero-order valence-corrected chi connectivity index (χ0v) is 21.2. The summed E-state index contributed by atoms with van der Waals surface area (Å²) in [5.74, 6) is -1.04. The molecule has 8 heteroatoms. The van der Waals surface area contributed by atoms with Crippen molar-refractivity contribution in [1.82, 2.24) is 5.01 Å². The van der Waals surface area contributed by atoms with Gasteiger partial charge in [0.1, 0.15) is 11.8 Å². The van der Waals surface area contributed by atoms with Gasteiger partial charge in [0, 0.05) is 22.6 Å². The highest BCUT2D eigenvalue weighted by Crippen LogP contribution is 2.33. The number of hydrazone groups is 1. The molecule has 38 heavy (non-hydrogen) atoms. The van der Waals surface area contributed by atoms with Crippen LogP contribution in [0.3, 0.4) is 0 Å². The highest BCUT2D eigenvalue weighted by molar-refractivity contribution is 6.30. The first-order chi connectivity index (χ1) is 18.4. The Morgan fingerprint density at radius 2 is 1.66 bits per heavy atom. The quantitative estimate of drug-likeness (QED) is 0.217. The summed E-state index contributed by atoms with van der Waals surface area (Å²) in [6.45, 7) is 1.37. The smallest absolute Gasteiger partial charge is 0.339 e. The zero-order valence-electron chi connectivity index (χ0n) is 20.5. The van der Waals surface area contributed by atoms with Gasteiger partial charge in [0.15, 0.2) is 12.4 Å². The topological polar surface area (TPSA) is 89.2 Å². The molecule has 0 saturated heterocycles. The van der Waals surface area contributed by atoms with E-state index in [1.165, 1.54) is 17.3 Å². The largest absolute Gasteiger partial charge is 0.467 e. The number of nitrogens with zero attached hydrogens (tertiary/aromatic N) is 2. The van der Waals surface area contributed by atoms with Gasteiger partial charge in [0.05, 0.1) is 17.5 Å². The number of hydrogen-bond donors (Lipinski definition) is 0. The predicted octanol–water partition coefficient (Wildman–Crippen LogP) is 6.01. The van der Waals surface area contributed by atoms with E-state index in [-0.39, 0.29) is 16.9 Å². The van der Waals surface area contributed by atoms with Crippen molar-refractivity contribution in [2.24, 2.45) is 5.10 Å². The Hall–Kier alpha value is -4.49. The molecule has 7 nitrogen and oxygen atoms in total. The Morgan fingerprint density at radius 1 is 0.947 bits per heavy atom. The second-order valence-corrected chi connectivity index (χ2v) is 9.28. The number of ketones is 1. The van der Waals surface area contributed by atoms with Crippen LogP contribution in [0.4, 0.5) is 0 Å². The molecule has 1 aromatic heterocycles. The molecule has 0 fully saturated rings. The molecule has 1 aliphatic rings. The first-order valence-corrected chi connectivity index (χ1v) is 12.3. The van der Waals surface area contributed by atoms with Gasteiger partial charge in [-0.05, 0) is 42.8 Å². The van der Waals surface area contributed by atoms with Crippen molar-refractivity contribution < 1.29 is 23.5 Å². The average Bonchev–Trinajstić information content (AvgIpc) is 3.63. The van der Waals surface area contributed by atoms with Crippen LogP contribution >= 0.6 is 11.6 Å². The van der Waals surface area contributed by atoms with Crippen molar-refractivity contribution in [3.8, 4) is 0 Å². The lowest BCUT2D eigenvalue weighted by atomic mass is 9.98. The van der Waals surface area contributed by atoms with E-state index in [4.69, 9.17) is 20.8 Å². The number of hydrogen-bond acceptors (Lipinski definition) is 6. The van der Waals surface area contributed by atoms with Gasteiger partial charge >= 0.3 is 5.97 Å². The van der Waals surface area contributed by atoms with E-state index in [1.54, 1.807) is 54.6 Å². The fourth-order valence-corrected chi connectivity index (χ4v) is 4.38. The third-order valence-electron chi connectivity index (χ3n) is 6.25. The number of halogens is 1. The van der Waals surface area contributed by atoms with Crippen LogP contribution in [0, 0.1) is 6.92 Å². The van der Waals surface area contributed by atoms with Crippen LogP contribution in [-0.2, 0) is 9.53 Å². The maximum Gasteiger partial charge on any atom is 0.339 e. The number of esters is 1. The zero-order chi connectivity index (χ0) is 26.6. The Balaban J connectivity index is 1.33. The molecule has 0 bridgehead atoms. The standard InChI is InChI=1S/C30H23ClN2O5/c1-19-8-10-21(11-9-19)29(35)23-5-2-3-6-24(23)30(36)38-18-28(34)33-26(27-7-4-16-37-27)17-25(32-33)20-12-14-22(31)15-13-20/h2-16,26H,17-18H2,1H3. The fraction of sp³-hybridized carbons (Fsp3) is 0.133. The summed E-state index contributed by atoms with van der Waals surface area (Å²) < 4.78 is 10.9. The first kappa shape index (κ1) is 25.2. The van der Waals surface area contributed by atoms with Crippen LogP contribution in [0.2, 0.25) is 5.02 Å². The average molecular weight is 527 g/mol. The molecule has 0 radical (unpaired) electrons. The van der Waals surface area contributed by atoms with Crippen LogP contribution < -0.4 is 0 Å². The molecule has 0 saturated carbocycles. The lowest BCUT2D eigenvalue weighted by molar-refractivity contribution is -0.136. The number of ether oxygens (including phenoxy) is 1. The van der Waals surface area contributed by atoms with Gasteiger partial charge < -0.3 is 9.15 Å². The molecule has 0 aliphatic carbocycles. The Labute approximate surface area is 224 Å². The molecule has 190 valence electrons. The highest BCUT2D eigenvalue weighted by atomic mass is 35.5. The minimum atomic E-state index is -0.773. The van der Waals surface area contributed by atoms with Crippen LogP contribution in [0.25, 0.3) is 0 Å². The van der Waals surface area contributed by atoms with Crippen LogP contribution in [-0.4, -0.2) is 35.0 Å². The first-order valence-electron chi connectivity index (χ1n) is 12.0. The monoisotopic (exact) mass is 526 g/mol. The predicted molar refractivity (Wildman–Crippen MR) is 142 cm³/mol. The van der Waals surface area contributed by atoms with Crippen molar-refractivity contribution in [3.05, 3.63) is 130 Å². The molecule has 1 amide bonds.